The largest absolute Gasteiger partial charge is 0.271 e. The van der Waals surface area contributed by atoms with Crippen molar-refractivity contribution in [3.8, 4) is 0 Å². The fourth-order valence-corrected chi connectivity index (χ4v) is 1.67. The van der Waals surface area contributed by atoms with Crippen LogP contribution in [0.2, 0.25) is 0 Å². The van der Waals surface area contributed by atoms with Crippen LogP contribution in [0, 0.1) is 5.92 Å². The van der Waals surface area contributed by atoms with Gasteiger partial charge in [-0.1, -0.05) is 24.8 Å². The van der Waals surface area contributed by atoms with E-state index in [1.165, 1.54) is 11.5 Å². The molecule has 0 amide bonds. The number of hydrogen-bond acceptors (Lipinski definition) is 5. The molecule has 0 aliphatic heterocycles. The molecule has 5 heteroatoms. The Hall–Kier alpha value is -0.520. The van der Waals surface area contributed by atoms with Crippen molar-refractivity contribution in [2.24, 2.45) is 11.8 Å². The average Bonchev–Trinajstić information content (AvgIpc) is 2.66. The molecule has 0 bridgehead atoms. The summed E-state index contributed by atoms with van der Waals surface area (Å²) in [7, 11) is 0. The molecule has 0 radical (unpaired) electrons. The van der Waals surface area contributed by atoms with Crippen LogP contribution >= 0.6 is 11.5 Å². The van der Waals surface area contributed by atoms with Gasteiger partial charge in [0.2, 0.25) is 0 Å². The molecule has 3 N–H and O–H groups in total. The number of aromatic nitrogens is 2. The van der Waals surface area contributed by atoms with Gasteiger partial charge in [0.15, 0.2) is 0 Å². The molecule has 2 unspecified atom stereocenters. The summed E-state index contributed by atoms with van der Waals surface area (Å²) < 4.78 is 3.82. The molecule has 0 aliphatic rings. The van der Waals surface area contributed by atoms with Crippen molar-refractivity contribution in [1.82, 2.24) is 15.0 Å². The third kappa shape index (κ3) is 3.02. The Bertz CT molecular complexity index is 224. The van der Waals surface area contributed by atoms with Crippen LogP contribution in [0.1, 0.15) is 38.4 Å². The number of nitrogens with zero attached hydrogens (tertiary/aromatic N) is 2. The Balaban J connectivity index is 2.53. The van der Waals surface area contributed by atoms with E-state index in [0.29, 0.717) is 5.92 Å². The van der Waals surface area contributed by atoms with Crippen molar-refractivity contribution >= 4 is 11.5 Å². The number of hydrogen-bond donors (Lipinski definition) is 2. The first kappa shape index (κ1) is 10.6. The topological polar surface area (TPSA) is 63.8 Å². The molecule has 0 saturated heterocycles. The van der Waals surface area contributed by atoms with E-state index in [4.69, 9.17) is 5.84 Å². The van der Waals surface area contributed by atoms with Crippen molar-refractivity contribution in [3.63, 3.8) is 0 Å². The van der Waals surface area contributed by atoms with Gasteiger partial charge in [-0.15, -0.1) is 5.10 Å². The Morgan fingerprint density at radius 1 is 1.69 bits per heavy atom. The molecule has 0 fully saturated rings. The predicted molar refractivity (Wildman–Crippen MR) is 54.0 cm³/mol. The van der Waals surface area contributed by atoms with E-state index in [9.17, 15) is 0 Å². The minimum atomic E-state index is 0.147. The Kier molecular flexibility index (Phi) is 4.27. The Morgan fingerprint density at radius 2 is 2.46 bits per heavy atom. The minimum Gasteiger partial charge on any atom is -0.271 e. The summed E-state index contributed by atoms with van der Waals surface area (Å²) in [6.07, 6.45) is 2.17. The maximum atomic E-state index is 5.45. The van der Waals surface area contributed by atoms with Crippen LogP contribution in [-0.4, -0.2) is 9.59 Å². The standard InChI is InChI=1S/C8H16N4S/c1-3-6(2)4-7(10-9)8-5-13-12-11-8/h5-7,10H,3-4,9H2,1-2H3. The first-order valence-electron chi connectivity index (χ1n) is 4.51. The highest BCUT2D eigenvalue weighted by Crippen LogP contribution is 2.20. The van der Waals surface area contributed by atoms with Crippen LogP contribution in [0.15, 0.2) is 5.38 Å². The highest BCUT2D eigenvalue weighted by Gasteiger charge is 2.14. The van der Waals surface area contributed by atoms with E-state index in [1.54, 1.807) is 0 Å². The molecule has 4 nitrogen and oxygen atoms in total. The third-order valence-electron chi connectivity index (χ3n) is 2.27. The van der Waals surface area contributed by atoms with E-state index in [0.717, 1.165) is 18.5 Å². The lowest BCUT2D eigenvalue weighted by Gasteiger charge is -2.16. The summed E-state index contributed by atoms with van der Waals surface area (Å²) in [5.41, 5.74) is 3.73. The van der Waals surface area contributed by atoms with Gasteiger partial charge in [-0.2, -0.15) is 0 Å². The lowest BCUT2D eigenvalue weighted by molar-refractivity contribution is 0.401. The van der Waals surface area contributed by atoms with Crippen LogP contribution in [0.4, 0.5) is 0 Å². The summed E-state index contributed by atoms with van der Waals surface area (Å²) >= 11 is 1.36. The van der Waals surface area contributed by atoms with Crippen LogP contribution in [0.5, 0.6) is 0 Å². The molecule has 1 aromatic rings. The minimum absolute atomic E-state index is 0.147. The maximum Gasteiger partial charge on any atom is 0.0938 e. The van der Waals surface area contributed by atoms with Gasteiger partial charge < -0.3 is 0 Å². The summed E-state index contributed by atoms with van der Waals surface area (Å²) in [5.74, 6) is 6.11. The number of nitrogens with one attached hydrogen (secondary N) is 1. The van der Waals surface area contributed by atoms with Crippen molar-refractivity contribution in [1.29, 1.82) is 0 Å². The second-order valence-corrected chi connectivity index (χ2v) is 3.91. The van der Waals surface area contributed by atoms with Gasteiger partial charge in [-0.25, -0.2) is 0 Å². The van der Waals surface area contributed by atoms with Crippen LogP contribution in [0.3, 0.4) is 0 Å². The molecule has 1 heterocycles. The van der Waals surface area contributed by atoms with Gasteiger partial charge >= 0.3 is 0 Å². The molecule has 0 aromatic carbocycles. The summed E-state index contributed by atoms with van der Waals surface area (Å²) in [6.45, 7) is 4.39. The third-order valence-corrected chi connectivity index (χ3v) is 2.79. The highest BCUT2D eigenvalue weighted by molar-refractivity contribution is 7.03. The van der Waals surface area contributed by atoms with Gasteiger partial charge in [-0.3, -0.25) is 11.3 Å². The van der Waals surface area contributed by atoms with Crippen molar-refractivity contribution in [2.45, 2.75) is 32.7 Å². The number of hydrazine groups is 1. The smallest absolute Gasteiger partial charge is 0.0938 e. The fourth-order valence-electron chi connectivity index (χ4n) is 1.17. The van der Waals surface area contributed by atoms with Gasteiger partial charge in [0, 0.05) is 5.38 Å². The lowest BCUT2D eigenvalue weighted by Crippen LogP contribution is -2.29. The SMILES string of the molecule is CCC(C)CC(NN)c1csnn1. The summed E-state index contributed by atoms with van der Waals surface area (Å²) in [6, 6.07) is 0.147. The van der Waals surface area contributed by atoms with Crippen molar-refractivity contribution in [3.05, 3.63) is 11.1 Å². The Labute approximate surface area is 82.7 Å². The van der Waals surface area contributed by atoms with E-state index in [-0.39, 0.29) is 6.04 Å². The molecular formula is C8H16N4S. The lowest BCUT2D eigenvalue weighted by atomic mass is 9.98. The molecule has 2 atom stereocenters. The molecule has 1 rings (SSSR count). The van der Waals surface area contributed by atoms with E-state index in [1.807, 2.05) is 5.38 Å². The zero-order valence-electron chi connectivity index (χ0n) is 8.03. The second kappa shape index (κ2) is 5.26. The maximum absolute atomic E-state index is 5.45. The number of rotatable bonds is 5. The summed E-state index contributed by atoms with van der Waals surface area (Å²) in [4.78, 5) is 0. The first-order chi connectivity index (χ1) is 6.27. The zero-order chi connectivity index (χ0) is 9.68. The van der Waals surface area contributed by atoms with Gasteiger partial charge in [0.25, 0.3) is 0 Å². The van der Waals surface area contributed by atoms with Gasteiger partial charge in [-0.05, 0) is 23.9 Å². The van der Waals surface area contributed by atoms with Crippen molar-refractivity contribution in [2.75, 3.05) is 0 Å². The first-order valence-corrected chi connectivity index (χ1v) is 5.34. The molecule has 1 aromatic heterocycles. The molecule has 74 valence electrons. The van der Waals surface area contributed by atoms with Gasteiger partial charge in [0.1, 0.15) is 0 Å². The monoisotopic (exact) mass is 200 g/mol. The quantitative estimate of drug-likeness (QED) is 0.558. The predicted octanol–water partition coefficient (Wildman–Crippen LogP) is 1.48. The molecule has 13 heavy (non-hydrogen) atoms. The molecular weight excluding hydrogens is 184 g/mol. The van der Waals surface area contributed by atoms with Crippen LogP contribution < -0.4 is 11.3 Å². The highest BCUT2D eigenvalue weighted by atomic mass is 32.1. The van der Waals surface area contributed by atoms with Gasteiger partial charge in [0.05, 0.1) is 11.7 Å². The number of nitrogens with two attached hydrogens (primary N) is 1. The normalized spacial score (nSPS) is 15.6. The molecule has 0 spiro atoms. The van der Waals surface area contributed by atoms with E-state index >= 15 is 0 Å². The average molecular weight is 200 g/mol. The molecule has 0 aliphatic carbocycles. The van der Waals surface area contributed by atoms with E-state index in [2.05, 4.69) is 28.9 Å². The van der Waals surface area contributed by atoms with Crippen LogP contribution in [0.25, 0.3) is 0 Å². The fraction of sp³-hybridized carbons (Fsp3) is 0.750. The van der Waals surface area contributed by atoms with E-state index < -0.39 is 0 Å². The van der Waals surface area contributed by atoms with Crippen molar-refractivity contribution < 1.29 is 0 Å². The van der Waals surface area contributed by atoms with Crippen LogP contribution in [-0.2, 0) is 0 Å². The second-order valence-electron chi connectivity index (χ2n) is 3.30. The Morgan fingerprint density at radius 3 is 2.92 bits per heavy atom. The molecule has 0 saturated carbocycles. The summed E-state index contributed by atoms with van der Waals surface area (Å²) in [5, 5.41) is 5.94. The zero-order valence-corrected chi connectivity index (χ0v) is 8.84.